The fourth-order valence-electron chi connectivity index (χ4n) is 3.01. The van der Waals surface area contributed by atoms with Gasteiger partial charge in [0.15, 0.2) is 0 Å². The Morgan fingerprint density at radius 2 is 1.93 bits per heavy atom. The van der Waals surface area contributed by atoms with Crippen molar-refractivity contribution in [2.75, 3.05) is 12.4 Å². The molecule has 2 N–H and O–H groups in total. The lowest BCUT2D eigenvalue weighted by atomic mass is 10.1. The molecule has 0 aliphatic carbocycles. The normalized spacial score (nSPS) is 16.0. The Kier molecular flexibility index (Phi) is 6.39. The van der Waals surface area contributed by atoms with Crippen LogP contribution in [0.25, 0.3) is 0 Å². The molecule has 0 unspecified atom stereocenters. The van der Waals surface area contributed by atoms with E-state index in [-0.39, 0.29) is 31.2 Å². The lowest BCUT2D eigenvalue weighted by Crippen LogP contribution is -2.31. The number of urea groups is 1. The Bertz CT molecular complexity index is 930. The molecule has 0 aromatic heterocycles. The average molecular weight is 416 g/mol. The number of aryl methyl sites for hydroxylation is 1. The van der Waals surface area contributed by atoms with Crippen LogP contribution in [-0.4, -0.2) is 35.9 Å². The molecule has 1 fully saturated rings. The summed E-state index contributed by atoms with van der Waals surface area (Å²) < 4.78 is 5.10. The molecule has 1 saturated heterocycles. The summed E-state index contributed by atoms with van der Waals surface area (Å²) in [5, 5.41) is 5.96. The number of benzene rings is 2. The molecule has 1 aliphatic heterocycles. The van der Waals surface area contributed by atoms with Crippen molar-refractivity contribution in [1.82, 2.24) is 10.2 Å². The van der Waals surface area contributed by atoms with Crippen LogP contribution in [0.3, 0.4) is 0 Å². The molecule has 2 aromatic rings. The first-order valence-electron chi connectivity index (χ1n) is 9.18. The van der Waals surface area contributed by atoms with Gasteiger partial charge in [0.05, 0.1) is 13.7 Å². The van der Waals surface area contributed by atoms with Crippen LogP contribution in [0.1, 0.15) is 24.0 Å². The number of halogens is 1. The molecule has 8 heteroatoms. The molecule has 0 bridgehead atoms. The maximum absolute atomic E-state index is 12.6. The summed E-state index contributed by atoms with van der Waals surface area (Å²) in [6.45, 7) is 2.04. The highest BCUT2D eigenvalue weighted by atomic mass is 35.5. The van der Waals surface area contributed by atoms with Gasteiger partial charge in [-0.2, -0.15) is 0 Å². The summed E-state index contributed by atoms with van der Waals surface area (Å²) >= 11 is 6.06. The monoisotopic (exact) mass is 415 g/mol. The summed E-state index contributed by atoms with van der Waals surface area (Å²) in [5.74, 6) is 0.113. The van der Waals surface area contributed by atoms with Crippen molar-refractivity contribution in [3.05, 3.63) is 58.6 Å². The van der Waals surface area contributed by atoms with Crippen molar-refractivity contribution in [2.24, 2.45) is 0 Å². The molecule has 0 spiro atoms. The number of rotatable bonds is 7. The predicted octanol–water partition coefficient (Wildman–Crippen LogP) is 3.50. The average Bonchev–Trinajstić information content (AvgIpc) is 2.97. The van der Waals surface area contributed by atoms with Crippen molar-refractivity contribution in [3.8, 4) is 5.75 Å². The summed E-state index contributed by atoms with van der Waals surface area (Å²) in [5.41, 5.74) is 2.32. The van der Waals surface area contributed by atoms with Gasteiger partial charge in [-0.25, -0.2) is 4.79 Å². The molecule has 1 aliphatic rings. The molecule has 152 valence electrons. The summed E-state index contributed by atoms with van der Waals surface area (Å²) in [6.07, 6.45) is 0.313. The van der Waals surface area contributed by atoms with Crippen LogP contribution < -0.4 is 15.4 Å². The fourth-order valence-corrected chi connectivity index (χ4v) is 3.19. The number of hydrogen-bond acceptors (Lipinski definition) is 4. The predicted molar refractivity (Wildman–Crippen MR) is 110 cm³/mol. The highest BCUT2D eigenvalue weighted by Crippen LogP contribution is 2.21. The Morgan fingerprint density at radius 3 is 2.59 bits per heavy atom. The summed E-state index contributed by atoms with van der Waals surface area (Å²) in [7, 11) is 1.57. The minimum Gasteiger partial charge on any atom is -0.497 e. The topological polar surface area (TPSA) is 87.7 Å². The molecule has 1 atom stereocenters. The fraction of sp³-hybridized carbons (Fsp3) is 0.286. The van der Waals surface area contributed by atoms with Gasteiger partial charge in [-0.15, -0.1) is 0 Å². The van der Waals surface area contributed by atoms with E-state index < -0.39 is 12.1 Å². The first-order chi connectivity index (χ1) is 13.9. The number of hydrogen-bond donors (Lipinski definition) is 2. The number of anilines is 1. The summed E-state index contributed by atoms with van der Waals surface area (Å²) in [6, 6.07) is 11.2. The van der Waals surface area contributed by atoms with Crippen LogP contribution in [-0.2, 0) is 16.1 Å². The van der Waals surface area contributed by atoms with E-state index in [1.807, 2.05) is 13.0 Å². The van der Waals surface area contributed by atoms with Crippen LogP contribution in [0.2, 0.25) is 5.02 Å². The first kappa shape index (κ1) is 20.7. The van der Waals surface area contributed by atoms with E-state index in [4.69, 9.17) is 16.3 Å². The van der Waals surface area contributed by atoms with Crippen LogP contribution in [0.5, 0.6) is 5.75 Å². The first-order valence-corrected chi connectivity index (χ1v) is 9.56. The van der Waals surface area contributed by atoms with E-state index in [0.29, 0.717) is 16.5 Å². The van der Waals surface area contributed by atoms with Gasteiger partial charge in [-0.1, -0.05) is 29.8 Å². The minimum absolute atomic E-state index is 0.0958. The van der Waals surface area contributed by atoms with Gasteiger partial charge in [0.1, 0.15) is 11.8 Å². The zero-order valence-electron chi connectivity index (χ0n) is 16.2. The highest BCUT2D eigenvalue weighted by molar-refractivity contribution is 6.31. The van der Waals surface area contributed by atoms with Gasteiger partial charge in [-0.05, 0) is 48.7 Å². The second-order valence-corrected chi connectivity index (χ2v) is 7.23. The van der Waals surface area contributed by atoms with E-state index in [1.165, 1.54) is 0 Å². The Labute approximate surface area is 174 Å². The third kappa shape index (κ3) is 5.06. The number of carbonyl (C=O) groups is 3. The maximum Gasteiger partial charge on any atom is 0.325 e. The lowest BCUT2D eigenvalue weighted by Gasteiger charge is -2.13. The largest absolute Gasteiger partial charge is 0.497 e. The van der Waals surface area contributed by atoms with Crippen molar-refractivity contribution in [2.45, 2.75) is 32.4 Å². The number of imide groups is 1. The van der Waals surface area contributed by atoms with Gasteiger partial charge in [0.25, 0.3) is 5.91 Å². The molecule has 2 aromatic carbocycles. The third-order valence-electron chi connectivity index (χ3n) is 4.72. The van der Waals surface area contributed by atoms with Crippen molar-refractivity contribution in [3.63, 3.8) is 0 Å². The van der Waals surface area contributed by atoms with Gasteiger partial charge in [0.2, 0.25) is 5.91 Å². The Morgan fingerprint density at radius 1 is 1.21 bits per heavy atom. The number of ether oxygens (including phenoxy) is 1. The SMILES string of the molecule is COc1ccc(CN2C(=O)N[C@@H](CCC(=O)Nc3ccc(C)c(Cl)c3)C2=O)cc1. The lowest BCUT2D eigenvalue weighted by molar-refractivity contribution is -0.128. The molecule has 29 heavy (non-hydrogen) atoms. The van der Waals surface area contributed by atoms with E-state index in [0.717, 1.165) is 16.0 Å². The number of carbonyl (C=O) groups excluding carboxylic acids is 3. The zero-order chi connectivity index (χ0) is 21.0. The van der Waals surface area contributed by atoms with Crippen LogP contribution >= 0.6 is 11.6 Å². The molecular formula is C21H22ClN3O4. The van der Waals surface area contributed by atoms with Crippen molar-refractivity contribution in [1.29, 1.82) is 0 Å². The van der Waals surface area contributed by atoms with Crippen molar-refractivity contribution >= 4 is 35.1 Å². The number of amides is 4. The number of nitrogens with zero attached hydrogens (tertiary/aromatic N) is 1. The second kappa shape index (κ2) is 8.96. The highest BCUT2D eigenvalue weighted by Gasteiger charge is 2.37. The van der Waals surface area contributed by atoms with Crippen LogP contribution in [0, 0.1) is 6.92 Å². The molecule has 0 radical (unpaired) electrons. The molecule has 7 nitrogen and oxygen atoms in total. The van der Waals surface area contributed by atoms with Gasteiger partial charge in [-0.3, -0.25) is 14.5 Å². The van der Waals surface area contributed by atoms with E-state index in [2.05, 4.69) is 10.6 Å². The number of methoxy groups -OCH3 is 1. The minimum atomic E-state index is -0.715. The van der Waals surface area contributed by atoms with Crippen LogP contribution in [0.4, 0.5) is 10.5 Å². The summed E-state index contributed by atoms with van der Waals surface area (Å²) in [4.78, 5) is 38.1. The van der Waals surface area contributed by atoms with E-state index >= 15 is 0 Å². The van der Waals surface area contributed by atoms with Gasteiger partial charge in [0, 0.05) is 17.1 Å². The standard InChI is InChI=1S/C21H22ClN3O4/c1-13-3-6-15(11-17(13)22)23-19(26)10-9-18-20(27)25(21(28)24-18)12-14-4-7-16(29-2)8-5-14/h3-8,11,18H,9-10,12H2,1-2H3,(H,23,26)(H,24,28)/t18-/m0/s1. The second-order valence-electron chi connectivity index (χ2n) is 6.83. The zero-order valence-corrected chi connectivity index (χ0v) is 17.0. The molecular weight excluding hydrogens is 394 g/mol. The van der Waals surface area contributed by atoms with E-state index in [9.17, 15) is 14.4 Å². The quantitative estimate of drug-likeness (QED) is 0.677. The van der Waals surface area contributed by atoms with Gasteiger partial charge < -0.3 is 15.4 Å². The van der Waals surface area contributed by atoms with Crippen molar-refractivity contribution < 1.29 is 19.1 Å². The van der Waals surface area contributed by atoms with E-state index in [1.54, 1.807) is 43.5 Å². The van der Waals surface area contributed by atoms with Crippen LogP contribution in [0.15, 0.2) is 42.5 Å². The smallest absolute Gasteiger partial charge is 0.325 e. The number of nitrogens with one attached hydrogen (secondary N) is 2. The third-order valence-corrected chi connectivity index (χ3v) is 5.13. The Hall–Kier alpha value is -3.06. The molecule has 1 heterocycles. The molecule has 0 saturated carbocycles. The Balaban J connectivity index is 1.53. The van der Waals surface area contributed by atoms with Gasteiger partial charge >= 0.3 is 6.03 Å². The molecule has 4 amide bonds. The maximum atomic E-state index is 12.6. The molecule has 3 rings (SSSR count).